The van der Waals surface area contributed by atoms with Crippen LogP contribution in [-0.4, -0.2) is 40.9 Å². The number of halogens is 1. The van der Waals surface area contributed by atoms with Gasteiger partial charge in [0, 0.05) is 23.5 Å². The fourth-order valence-corrected chi connectivity index (χ4v) is 3.51. The maximum Gasteiger partial charge on any atom is 0.237 e. The van der Waals surface area contributed by atoms with Gasteiger partial charge in [0.05, 0.1) is 10.9 Å². The van der Waals surface area contributed by atoms with Crippen LogP contribution in [0.4, 0.5) is 0 Å². The van der Waals surface area contributed by atoms with Crippen molar-refractivity contribution in [3.8, 4) is 0 Å². The first kappa shape index (κ1) is 17.5. The number of nitrogens with zero attached hydrogens (tertiary/aromatic N) is 2. The van der Waals surface area contributed by atoms with Gasteiger partial charge in [0.25, 0.3) is 0 Å². The van der Waals surface area contributed by atoms with Gasteiger partial charge in [-0.05, 0) is 46.4 Å². The van der Waals surface area contributed by atoms with Gasteiger partial charge >= 0.3 is 0 Å². The highest BCUT2D eigenvalue weighted by atomic mass is 35.5. The van der Waals surface area contributed by atoms with Gasteiger partial charge in [0.2, 0.25) is 5.91 Å². The summed E-state index contributed by atoms with van der Waals surface area (Å²) in [6, 6.07) is 4.41. The molecule has 5 heteroatoms. The van der Waals surface area contributed by atoms with Crippen LogP contribution in [0.1, 0.15) is 39.5 Å². The Kier molecular flexibility index (Phi) is 7.00. The Morgan fingerprint density at radius 1 is 1.25 bits per heavy atom. The van der Waals surface area contributed by atoms with Gasteiger partial charge in [0.1, 0.15) is 0 Å². The van der Waals surface area contributed by atoms with Crippen molar-refractivity contribution in [2.45, 2.75) is 53.2 Å². The van der Waals surface area contributed by atoms with Crippen LogP contribution in [0.25, 0.3) is 0 Å². The van der Waals surface area contributed by atoms with Crippen molar-refractivity contribution >= 4 is 28.8 Å². The second kappa shape index (κ2) is 8.01. The third kappa shape index (κ3) is 5.08. The second-order valence-electron chi connectivity index (χ2n) is 5.50. The highest BCUT2D eigenvalue weighted by Gasteiger charge is 2.22. The largest absolute Gasteiger partial charge is 0.337 e. The molecular formula is C15H25ClN2OS. The molecule has 0 bridgehead atoms. The molecule has 3 nitrogen and oxygen atoms in total. The minimum Gasteiger partial charge on any atom is -0.337 e. The highest BCUT2D eigenvalue weighted by molar-refractivity contribution is 7.16. The lowest BCUT2D eigenvalue weighted by atomic mass is 10.2. The summed E-state index contributed by atoms with van der Waals surface area (Å²) < 4.78 is 0.799. The van der Waals surface area contributed by atoms with Crippen LogP contribution in [0.3, 0.4) is 0 Å². The summed E-state index contributed by atoms with van der Waals surface area (Å²) in [5.74, 6) is 0.194. The molecule has 0 atom stereocenters. The van der Waals surface area contributed by atoms with Crippen molar-refractivity contribution < 1.29 is 4.79 Å². The van der Waals surface area contributed by atoms with Crippen LogP contribution < -0.4 is 0 Å². The molecule has 1 heterocycles. The average Bonchev–Trinajstić information content (AvgIpc) is 2.72. The predicted octanol–water partition coefficient (Wildman–Crippen LogP) is 3.87. The number of amides is 1. The maximum absolute atomic E-state index is 12.5. The van der Waals surface area contributed by atoms with Gasteiger partial charge in [-0.1, -0.05) is 18.5 Å². The molecule has 1 aromatic heterocycles. The van der Waals surface area contributed by atoms with E-state index in [4.69, 9.17) is 11.6 Å². The summed E-state index contributed by atoms with van der Waals surface area (Å²) in [5, 5.41) is 0. The van der Waals surface area contributed by atoms with Gasteiger partial charge in [-0.25, -0.2) is 0 Å². The van der Waals surface area contributed by atoms with Crippen LogP contribution in [0.2, 0.25) is 4.34 Å². The predicted molar refractivity (Wildman–Crippen MR) is 87.4 cm³/mol. The molecule has 0 saturated carbocycles. The van der Waals surface area contributed by atoms with E-state index < -0.39 is 0 Å². The van der Waals surface area contributed by atoms with E-state index in [-0.39, 0.29) is 18.0 Å². The van der Waals surface area contributed by atoms with E-state index in [0.717, 1.165) is 17.4 Å². The van der Waals surface area contributed by atoms with Crippen LogP contribution >= 0.6 is 22.9 Å². The smallest absolute Gasteiger partial charge is 0.237 e. The standard InChI is InChI=1S/C15H25ClN2OS/c1-6-17(9-13-7-8-14(16)20-13)10-15(19)18(11(2)3)12(4)5/h7-8,11-12H,6,9-10H2,1-5H3. The molecule has 1 aromatic rings. The summed E-state index contributed by atoms with van der Waals surface area (Å²) in [5.41, 5.74) is 0. The molecule has 0 unspecified atom stereocenters. The molecule has 0 saturated heterocycles. The summed E-state index contributed by atoms with van der Waals surface area (Å²) in [7, 11) is 0. The third-order valence-electron chi connectivity index (χ3n) is 3.22. The van der Waals surface area contributed by atoms with E-state index in [0.29, 0.717) is 6.54 Å². The molecule has 114 valence electrons. The molecule has 0 aromatic carbocycles. The van der Waals surface area contributed by atoms with Gasteiger partial charge in [-0.15, -0.1) is 11.3 Å². The number of hydrogen-bond donors (Lipinski definition) is 0. The Labute approximate surface area is 131 Å². The molecule has 0 aliphatic heterocycles. The molecule has 0 aliphatic carbocycles. The number of likely N-dealkylation sites (N-methyl/N-ethyl adjacent to an activating group) is 1. The lowest BCUT2D eigenvalue weighted by molar-refractivity contribution is -0.136. The van der Waals surface area contributed by atoms with Crippen LogP contribution in [0.15, 0.2) is 12.1 Å². The van der Waals surface area contributed by atoms with Crippen molar-refractivity contribution in [2.24, 2.45) is 0 Å². The average molecular weight is 317 g/mol. The molecule has 0 aliphatic rings. The zero-order valence-corrected chi connectivity index (χ0v) is 14.6. The minimum atomic E-state index is 0.194. The molecule has 0 radical (unpaired) electrons. The molecule has 20 heavy (non-hydrogen) atoms. The fraction of sp³-hybridized carbons (Fsp3) is 0.667. The minimum absolute atomic E-state index is 0.194. The Balaban J connectivity index is 2.65. The van der Waals surface area contributed by atoms with E-state index in [1.54, 1.807) is 11.3 Å². The Hall–Kier alpha value is -0.580. The molecular weight excluding hydrogens is 292 g/mol. The molecule has 0 fully saturated rings. The monoisotopic (exact) mass is 316 g/mol. The van der Waals surface area contributed by atoms with Gasteiger partial charge in [0.15, 0.2) is 0 Å². The van der Waals surface area contributed by atoms with Crippen molar-refractivity contribution in [2.75, 3.05) is 13.1 Å². The normalized spacial score (nSPS) is 11.7. The first-order valence-electron chi connectivity index (χ1n) is 7.12. The van der Waals surface area contributed by atoms with Crippen molar-refractivity contribution in [3.63, 3.8) is 0 Å². The first-order chi connectivity index (χ1) is 9.35. The quantitative estimate of drug-likeness (QED) is 0.762. The van der Waals surface area contributed by atoms with Crippen LogP contribution in [0.5, 0.6) is 0 Å². The summed E-state index contributed by atoms with van der Waals surface area (Å²) in [6.07, 6.45) is 0. The van der Waals surface area contributed by atoms with Crippen LogP contribution in [-0.2, 0) is 11.3 Å². The Morgan fingerprint density at radius 2 is 1.85 bits per heavy atom. The Morgan fingerprint density at radius 3 is 2.25 bits per heavy atom. The zero-order chi connectivity index (χ0) is 15.3. The van der Waals surface area contributed by atoms with E-state index in [9.17, 15) is 4.79 Å². The molecule has 0 spiro atoms. The van der Waals surface area contributed by atoms with Gasteiger partial charge in [-0.3, -0.25) is 9.69 Å². The van der Waals surface area contributed by atoms with Crippen LogP contribution in [0, 0.1) is 0 Å². The number of carbonyl (C=O) groups excluding carboxylic acids is 1. The van der Waals surface area contributed by atoms with Crippen molar-refractivity contribution in [1.29, 1.82) is 0 Å². The first-order valence-corrected chi connectivity index (χ1v) is 8.32. The summed E-state index contributed by atoms with van der Waals surface area (Å²) in [4.78, 5) is 17.8. The summed E-state index contributed by atoms with van der Waals surface area (Å²) in [6.45, 7) is 12.4. The van der Waals surface area contributed by atoms with Gasteiger partial charge < -0.3 is 4.90 Å². The number of thiophene rings is 1. The number of hydrogen-bond acceptors (Lipinski definition) is 3. The van der Waals surface area contributed by atoms with Crippen molar-refractivity contribution in [3.05, 3.63) is 21.3 Å². The number of rotatable bonds is 7. The fourth-order valence-electron chi connectivity index (χ4n) is 2.38. The summed E-state index contributed by atoms with van der Waals surface area (Å²) >= 11 is 7.53. The van der Waals surface area contributed by atoms with E-state index in [1.165, 1.54) is 4.88 Å². The Bertz CT molecular complexity index is 423. The van der Waals surface area contributed by atoms with E-state index >= 15 is 0 Å². The SMILES string of the molecule is CCN(CC(=O)N(C(C)C)C(C)C)Cc1ccc(Cl)s1. The lowest BCUT2D eigenvalue weighted by Crippen LogP contribution is -2.47. The van der Waals surface area contributed by atoms with Crippen molar-refractivity contribution in [1.82, 2.24) is 9.80 Å². The second-order valence-corrected chi connectivity index (χ2v) is 7.30. The zero-order valence-electron chi connectivity index (χ0n) is 13.0. The van der Waals surface area contributed by atoms with Gasteiger partial charge in [-0.2, -0.15) is 0 Å². The lowest BCUT2D eigenvalue weighted by Gasteiger charge is -2.33. The maximum atomic E-state index is 12.5. The molecule has 1 rings (SSSR count). The van der Waals surface area contributed by atoms with E-state index in [1.807, 2.05) is 17.0 Å². The highest BCUT2D eigenvalue weighted by Crippen LogP contribution is 2.22. The third-order valence-corrected chi connectivity index (χ3v) is 4.43. The topological polar surface area (TPSA) is 23.6 Å². The molecule has 0 N–H and O–H groups in total. The van der Waals surface area contributed by atoms with E-state index in [2.05, 4.69) is 39.5 Å². The molecule has 1 amide bonds. The number of carbonyl (C=O) groups is 1.